The van der Waals surface area contributed by atoms with Gasteiger partial charge >= 0.3 is 0 Å². The van der Waals surface area contributed by atoms with E-state index in [-0.39, 0.29) is 5.60 Å². The van der Waals surface area contributed by atoms with Crippen LogP contribution in [0.25, 0.3) is 0 Å². The minimum absolute atomic E-state index is 0.271. The Hall–Kier alpha value is -2.20. The Labute approximate surface area is 155 Å². The predicted molar refractivity (Wildman–Crippen MR) is 104 cm³/mol. The highest BCUT2D eigenvalue weighted by Gasteiger charge is 2.34. The second kappa shape index (κ2) is 7.20. The Balaban J connectivity index is 1.65. The molecule has 1 unspecified atom stereocenters. The summed E-state index contributed by atoms with van der Waals surface area (Å²) in [6.45, 7) is 9.61. The predicted octanol–water partition coefficient (Wildman–Crippen LogP) is 3.94. The van der Waals surface area contributed by atoms with Crippen molar-refractivity contribution in [1.29, 1.82) is 0 Å². The topological polar surface area (TPSA) is 61.7 Å². The summed E-state index contributed by atoms with van der Waals surface area (Å²) < 4.78 is 6.42. The summed E-state index contributed by atoms with van der Waals surface area (Å²) >= 11 is 0. The Morgan fingerprint density at radius 2 is 1.81 bits per heavy atom. The molecule has 0 spiro atoms. The maximum Gasteiger partial charge on any atom is 0.127 e. The molecule has 4 heteroatoms. The number of fused-ring (bicyclic) bond motifs is 1. The maximum absolute atomic E-state index is 10.3. The number of nitrogens with one attached hydrogen (secondary N) is 1. The molecule has 3 rings (SSSR count). The van der Waals surface area contributed by atoms with Gasteiger partial charge in [-0.05, 0) is 81.8 Å². The van der Waals surface area contributed by atoms with Crippen molar-refractivity contribution < 1.29 is 14.9 Å². The minimum atomic E-state index is -0.271. The molecule has 0 aromatic heterocycles. The van der Waals surface area contributed by atoms with Gasteiger partial charge in [0.15, 0.2) is 0 Å². The second-order valence-electron chi connectivity index (χ2n) is 7.64. The van der Waals surface area contributed by atoms with Crippen LogP contribution in [0.1, 0.15) is 41.2 Å². The minimum Gasteiger partial charge on any atom is -0.508 e. The molecule has 0 radical (unpaired) electrons. The van der Waals surface area contributed by atoms with Crippen molar-refractivity contribution in [3.05, 3.63) is 52.1 Å². The van der Waals surface area contributed by atoms with Crippen molar-refractivity contribution in [3.63, 3.8) is 0 Å². The molecule has 1 aliphatic heterocycles. The fourth-order valence-corrected chi connectivity index (χ4v) is 3.72. The molecule has 2 aromatic rings. The average Bonchev–Trinajstić information content (AvgIpc) is 2.63. The molecule has 4 nitrogen and oxygen atoms in total. The SMILES string of the molecule is Cc1c(C)c2c(c(C)c1O)CCC(C)(CNCCc1ccccc1O)O2. The summed E-state index contributed by atoms with van der Waals surface area (Å²) in [6.07, 6.45) is 2.60. The Morgan fingerprint density at radius 1 is 1.08 bits per heavy atom. The van der Waals surface area contributed by atoms with E-state index in [1.54, 1.807) is 6.07 Å². The summed E-state index contributed by atoms with van der Waals surface area (Å²) in [7, 11) is 0. The normalized spacial score (nSPS) is 19.1. The van der Waals surface area contributed by atoms with Gasteiger partial charge in [-0.25, -0.2) is 0 Å². The van der Waals surface area contributed by atoms with Gasteiger partial charge in [0.1, 0.15) is 22.8 Å². The molecule has 0 saturated heterocycles. The summed E-state index contributed by atoms with van der Waals surface area (Å²) in [4.78, 5) is 0. The number of aromatic hydroxyl groups is 2. The van der Waals surface area contributed by atoms with Crippen LogP contribution >= 0.6 is 0 Å². The van der Waals surface area contributed by atoms with E-state index < -0.39 is 0 Å². The number of benzene rings is 2. The van der Waals surface area contributed by atoms with Crippen LogP contribution in [-0.2, 0) is 12.8 Å². The summed E-state index contributed by atoms with van der Waals surface area (Å²) in [6, 6.07) is 7.46. The van der Waals surface area contributed by atoms with E-state index in [1.165, 1.54) is 0 Å². The number of ether oxygens (including phenoxy) is 1. The quantitative estimate of drug-likeness (QED) is 0.711. The molecule has 2 aromatic carbocycles. The number of hydrogen-bond acceptors (Lipinski definition) is 4. The van der Waals surface area contributed by atoms with E-state index in [9.17, 15) is 10.2 Å². The molecule has 0 bridgehead atoms. The third kappa shape index (κ3) is 3.51. The van der Waals surface area contributed by atoms with Crippen molar-refractivity contribution in [2.24, 2.45) is 0 Å². The molecule has 0 fully saturated rings. The number of hydrogen-bond donors (Lipinski definition) is 3. The maximum atomic E-state index is 10.3. The van der Waals surface area contributed by atoms with Crippen molar-refractivity contribution in [3.8, 4) is 17.2 Å². The first-order valence-electron chi connectivity index (χ1n) is 9.30. The fraction of sp³-hybridized carbons (Fsp3) is 0.455. The summed E-state index contributed by atoms with van der Waals surface area (Å²) in [5.41, 5.74) is 4.70. The highest BCUT2D eigenvalue weighted by Crippen LogP contribution is 2.43. The molecular weight excluding hydrogens is 326 g/mol. The molecule has 140 valence electrons. The molecule has 0 saturated carbocycles. The van der Waals surface area contributed by atoms with E-state index >= 15 is 0 Å². The molecule has 1 aliphatic rings. The van der Waals surface area contributed by atoms with E-state index in [2.05, 4.69) is 12.2 Å². The van der Waals surface area contributed by atoms with Crippen LogP contribution in [0.4, 0.5) is 0 Å². The smallest absolute Gasteiger partial charge is 0.127 e. The summed E-state index contributed by atoms with van der Waals surface area (Å²) in [5.74, 6) is 1.69. The molecule has 0 amide bonds. The monoisotopic (exact) mass is 355 g/mol. The largest absolute Gasteiger partial charge is 0.508 e. The lowest BCUT2D eigenvalue weighted by molar-refractivity contribution is 0.0636. The van der Waals surface area contributed by atoms with Crippen molar-refractivity contribution >= 4 is 0 Å². The molecular formula is C22H29NO3. The van der Waals surface area contributed by atoms with Crippen LogP contribution in [0.15, 0.2) is 24.3 Å². The van der Waals surface area contributed by atoms with Crippen LogP contribution in [0.5, 0.6) is 17.2 Å². The fourth-order valence-electron chi connectivity index (χ4n) is 3.72. The van der Waals surface area contributed by atoms with E-state index in [0.717, 1.165) is 65.9 Å². The van der Waals surface area contributed by atoms with Gasteiger partial charge in [0.2, 0.25) is 0 Å². The summed E-state index contributed by atoms with van der Waals surface area (Å²) in [5, 5.41) is 23.6. The van der Waals surface area contributed by atoms with Crippen molar-refractivity contribution in [2.75, 3.05) is 13.1 Å². The van der Waals surface area contributed by atoms with E-state index in [0.29, 0.717) is 11.5 Å². The van der Waals surface area contributed by atoms with Crippen LogP contribution in [0, 0.1) is 20.8 Å². The van der Waals surface area contributed by atoms with Gasteiger partial charge in [-0.2, -0.15) is 0 Å². The highest BCUT2D eigenvalue weighted by atomic mass is 16.5. The van der Waals surface area contributed by atoms with Gasteiger partial charge in [-0.1, -0.05) is 18.2 Å². The Bertz CT molecular complexity index is 816. The van der Waals surface area contributed by atoms with Gasteiger partial charge in [0.25, 0.3) is 0 Å². The Kier molecular flexibility index (Phi) is 5.15. The van der Waals surface area contributed by atoms with Gasteiger partial charge in [-0.3, -0.25) is 0 Å². The van der Waals surface area contributed by atoms with Crippen LogP contribution in [-0.4, -0.2) is 28.9 Å². The third-order valence-corrected chi connectivity index (χ3v) is 5.65. The average molecular weight is 355 g/mol. The van der Waals surface area contributed by atoms with Gasteiger partial charge in [0.05, 0.1) is 0 Å². The van der Waals surface area contributed by atoms with Gasteiger partial charge in [0, 0.05) is 12.1 Å². The number of rotatable bonds is 5. The van der Waals surface area contributed by atoms with E-state index in [1.807, 2.05) is 39.0 Å². The van der Waals surface area contributed by atoms with Crippen molar-refractivity contribution in [1.82, 2.24) is 5.32 Å². The zero-order chi connectivity index (χ0) is 18.9. The van der Waals surface area contributed by atoms with Gasteiger partial charge < -0.3 is 20.3 Å². The first-order chi connectivity index (χ1) is 12.3. The lowest BCUT2D eigenvalue weighted by Gasteiger charge is -2.38. The van der Waals surface area contributed by atoms with Crippen LogP contribution in [0.3, 0.4) is 0 Å². The van der Waals surface area contributed by atoms with Crippen molar-refractivity contribution in [2.45, 2.75) is 52.6 Å². The molecule has 3 N–H and O–H groups in total. The molecule has 1 atom stereocenters. The molecule has 26 heavy (non-hydrogen) atoms. The first kappa shape index (κ1) is 18.6. The lowest BCUT2D eigenvalue weighted by Crippen LogP contribution is -2.46. The molecule has 1 heterocycles. The first-order valence-corrected chi connectivity index (χ1v) is 9.30. The third-order valence-electron chi connectivity index (χ3n) is 5.65. The highest BCUT2D eigenvalue weighted by molar-refractivity contribution is 5.58. The lowest BCUT2D eigenvalue weighted by atomic mass is 9.87. The number of para-hydroxylation sites is 1. The second-order valence-corrected chi connectivity index (χ2v) is 7.64. The zero-order valence-corrected chi connectivity index (χ0v) is 16.1. The standard InChI is InChI=1S/C22H29NO3/c1-14-15(2)21-18(16(3)20(14)25)9-11-22(4,26-21)13-23-12-10-17-7-5-6-8-19(17)24/h5-8,23-25H,9-13H2,1-4H3. The van der Waals surface area contributed by atoms with Gasteiger partial charge in [-0.15, -0.1) is 0 Å². The van der Waals surface area contributed by atoms with Crippen LogP contribution in [0.2, 0.25) is 0 Å². The van der Waals surface area contributed by atoms with Crippen LogP contribution < -0.4 is 10.1 Å². The molecule has 0 aliphatic carbocycles. The Morgan fingerprint density at radius 3 is 2.54 bits per heavy atom. The zero-order valence-electron chi connectivity index (χ0n) is 16.1. The number of phenolic OH excluding ortho intramolecular Hbond substituents is 2. The number of phenols is 2. The van der Waals surface area contributed by atoms with E-state index in [4.69, 9.17) is 4.74 Å².